The molecule has 12 heteroatoms. The molecule has 0 radical (unpaired) electrons. The number of rotatable bonds is 14. The van der Waals surface area contributed by atoms with Gasteiger partial charge in [-0.2, -0.15) is 0 Å². The summed E-state index contributed by atoms with van der Waals surface area (Å²) in [4.78, 5) is 12.6. The molecular weight excluding hydrogens is 630 g/mol. The summed E-state index contributed by atoms with van der Waals surface area (Å²) in [6.45, 7) is 0.745. The van der Waals surface area contributed by atoms with Crippen LogP contribution in [-0.4, -0.2) is 59.8 Å². The number of carbonyl (C=O) groups excluding carboxylic acids is 1. The Bertz CT molecular complexity index is 1920. The molecule has 1 aliphatic heterocycles. The lowest BCUT2D eigenvalue weighted by atomic mass is 10.1. The van der Waals surface area contributed by atoms with Gasteiger partial charge in [0.25, 0.3) is 5.91 Å². The average Bonchev–Trinajstić information content (AvgIpc) is 3.64. The van der Waals surface area contributed by atoms with Crippen molar-refractivity contribution in [2.24, 2.45) is 0 Å². The number of benzene rings is 4. The Balaban J connectivity index is 1.08. The van der Waals surface area contributed by atoms with Crippen LogP contribution in [0.15, 0.2) is 83.4 Å². The Kier molecular flexibility index (Phi) is 9.93. The standard InChI is InChI=1S/C37H37N3O9/c1-42-28-13-11-22(30-21-27(40-49-30)24-19-33(44-3)35(46-5)34(20-24)45-4)17-32(28)48-16-8-15-47-29-14-12-23(18-31(29)43-2)36-38-26-10-7-6-9-25(26)37(41)39-36/h6-7,9-14,17-21,36,38H,8,15-16H2,1-5H3,(H,39,41). The number of hydrogen-bond acceptors (Lipinski definition) is 11. The van der Waals surface area contributed by atoms with Crippen LogP contribution in [0.3, 0.4) is 0 Å². The first kappa shape index (κ1) is 32.9. The molecule has 0 saturated heterocycles. The second kappa shape index (κ2) is 14.8. The molecule has 0 fully saturated rings. The van der Waals surface area contributed by atoms with Crippen LogP contribution in [0.1, 0.15) is 28.5 Å². The minimum Gasteiger partial charge on any atom is -0.493 e. The van der Waals surface area contributed by atoms with E-state index in [1.54, 1.807) is 41.6 Å². The van der Waals surface area contributed by atoms with Gasteiger partial charge in [-0.05, 0) is 60.2 Å². The fourth-order valence-electron chi connectivity index (χ4n) is 5.50. The lowest BCUT2D eigenvalue weighted by Gasteiger charge is -2.28. The summed E-state index contributed by atoms with van der Waals surface area (Å²) in [5.41, 5.74) is 4.32. The van der Waals surface area contributed by atoms with Crippen LogP contribution >= 0.6 is 0 Å². The molecule has 1 atom stereocenters. The predicted molar refractivity (Wildman–Crippen MR) is 182 cm³/mol. The Morgan fingerprint density at radius 3 is 2.04 bits per heavy atom. The fraction of sp³-hybridized carbons (Fsp3) is 0.243. The zero-order valence-electron chi connectivity index (χ0n) is 27.8. The zero-order valence-corrected chi connectivity index (χ0v) is 27.8. The van der Waals surface area contributed by atoms with E-state index in [0.717, 1.165) is 22.4 Å². The highest BCUT2D eigenvalue weighted by Gasteiger charge is 2.25. The van der Waals surface area contributed by atoms with Gasteiger partial charge in [0.1, 0.15) is 11.9 Å². The van der Waals surface area contributed by atoms with Gasteiger partial charge < -0.3 is 48.3 Å². The molecule has 0 bridgehead atoms. The number of aromatic nitrogens is 1. The molecule has 1 aromatic heterocycles. The molecule has 6 rings (SSSR count). The van der Waals surface area contributed by atoms with Gasteiger partial charge in [-0.25, -0.2) is 0 Å². The van der Waals surface area contributed by atoms with Crippen molar-refractivity contribution in [2.75, 3.05) is 54.1 Å². The van der Waals surface area contributed by atoms with Crippen molar-refractivity contribution in [1.82, 2.24) is 10.5 Å². The number of amides is 1. The van der Waals surface area contributed by atoms with Crippen molar-refractivity contribution < 1.29 is 42.5 Å². The lowest BCUT2D eigenvalue weighted by Crippen LogP contribution is -2.38. The summed E-state index contributed by atoms with van der Waals surface area (Å²) in [5.74, 6) is 4.20. The summed E-state index contributed by atoms with van der Waals surface area (Å²) < 4.78 is 45.4. The van der Waals surface area contributed by atoms with E-state index in [9.17, 15) is 4.79 Å². The quantitative estimate of drug-likeness (QED) is 0.122. The predicted octanol–water partition coefficient (Wildman–Crippen LogP) is 6.75. The van der Waals surface area contributed by atoms with Crippen LogP contribution in [0.2, 0.25) is 0 Å². The van der Waals surface area contributed by atoms with Gasteiger partial charge in [-0.15, -0.1) is 0 Å². The molecule has 0 spiro atoms. The van der Waals surface area contributed by atoms with E-state index >= 15 is 0 Å². The highest BCUT2D eigenvalue weighted by molar-refractivity contribution is 6.01. The second-order valence-electron chi connectivity index (χ2n) is 10.9. The number of fused-ring (bicyclic) bond motifs is 1. The van der Waals surface area contributed by atoms with Gasteiger partial charge in [-0.1, -0.05) is 23.4 Å². The van der Waals surface area contributed by atoms with Crippen LogP contribution in [0.5, 0.6) is 40.2 Å². The highest BCUT2D eigenvalue weighted by atomic mass is 16.5. The number of hydrogen-bond donors (Lipinski definition) is 2. The third kappa shape index (κ3) is 6.98. The van der Waals surface area contributed by atoms with E-state index in [-0.39, 0.29) is 5.91 Å². The fourth-order valence-corrected chi connectivity index (χ4v) is 5.50. The number of carbonyl (C=O) groups is 1. The molecule has 4 aromatic carbocycles. The second-order valence-corrected chi connectivity index (χ2v) is 10.9. The minimum atomic E-state index is -0.400. The summed E-state index contributed by atoms with van der Waals surface area (Å²) in [6, 6.07) is 24.0. The Morgan fingerprint density at radius 2 is 1.33 bits per heavy atom. The smallest absolute Gasteiger partial charge is 0.255 e. The molecule has 2 heterocycles. The number of nitrogens with one attached hydrogen (secondary N) is 2. The van der Waals surface area contributed by atoms with E-state index in [2.05, 4.69) is 15.8 Å². The van der Waals surface area contributed by atoms with Gasteiger partial charge in [0.15, 0.2) is 40.3 Å². The molecule has 0 aliphatic carbocycles. The maximum atomic E-state index is 12.6. The SMILES string of the molecule is COc1cc(C2NC(=O)c3ccccc3N2)ccc1OCCCOc1cc(-c2cc(-c3cc(OC)c(OC)c(OC)c3)no2)ccc1OC. The summed E-state index contributed by atoms with van der Waals surface area (Å²) in [7, 11) is 7.85. The van der Waals surface area contributed by atoms with E-state index in [4.69, 9.17) is 37.7 Å². The van der Waals surface area contributed by atoms with E-state index < -0.39 is 6.17 Å². The molecule has 0 saturated carbocycles. The van der Waals surface area contributed by atoms with Gasteiger partial charge in [-0.3, -0.25) is 4.79 Å². The Labute approximate surface area is 283 Å². The van der Waals surface area contributed by atoms with E-state index in [1.807, 2.05) is 72.8 Å². The highest BCUT2D eigenvalue weighted by Crippen LogP contribution is 2.42. The Morgan fingerprint density at radius 1 is 0.653 bits per heavy atom. The van der Waals surface area contributed by atoms with Crippen molar-refractivity contribution in [2.45, 2.75) is 12.6 Å². The van der Waals surface area contributed by atoms with Gasteiger partial charge in [0.2, 0.25) is 5.75 Å². The molecule has 12 nitrogen and oxygen atoms in total. The number of nitrogens with zero attached hydrogens (tertiary/aromatic N) is 1. The molecule has 5 aromatic rings. The van der Waals surface area contributed by atoms with Gasteiger partial charge in [0.05, 0.1) is 54.3 Å². The molecule has 49 heavy (non-hydrogen) atoms. The van der Waals surface area contributed by atoms with Crippen LogP contribution in [0, 0.1) is 0 Å². The number of ether oxygens (including phenoxy) is 7. The first-order chi connectivity index (χ1) is 24.0. The lowest BCUT2D eigenvalue weighted by molar-refractivity contribution is 0.0935. The monoisotopic (exact) mass is 667 g/mol. The number of methoxy groups -OCH3 is 5. The zero-order chi connectivity index (χ0) is 34.3. The van der Waals surface area contributed by atoms with Crippen molar-refractivity contribution in [3.05, 3.63) is 90.0 Å². The van der Waals surface area contributed by atoms with Gasteiger partial charge >= 0.3 is 0 Å². The van der Waals surface area contributed by atoms with Crippen LogP contribution in [0.25, 0.3) is 22.6 Å². The summed E-state index contributed by atoms with van der Waals surface area (Å²) in [6.07, 6.45) is 0.186. The van der Waals surface area contributed by atoms with E-state index in [1.165, 1.54) is 0 Å². The summed E-state index contributed by atoms with van der Waals surface area (Å²) >= 11 is 0. The van der Waals surface area contributed by atoms with E-state index in [0.29, 0.717) is 76.9 Å². The third-order valence-corrected chi connectivity index (χ3v) is 7.99. The van der Waals surface area contributed by atoms with Gasteiger partial charge in [0, 0.05) is 29.3 Å². The first-order valence-electron chi connectivity index (χ1n) is 15.5. The van der Waals surface area contributed by atoms with Crippen molar-refractivity contribution in [1.29, 1.82) is 0 Å². The van der Waals surface area contributed by atoms with Crippen molar-refractivity contribution in [3.8, 4) is 62.8 Å². The molecule has 1 unspecified atom stereocenters. The average molecular weight is 668 g/mol. The number of para-hydroxylation sites is 1. The van der Waals surface area contributed by atoms with Crippen molar-refractivity contribution >= 4 is 11.6 Å². The normalized spacial score (nSPS) is 13.4. The Hall–Kier alpha value is -6.04. The number of anilines is 1. The topological polar surface area (TPSA) is 132 Å². The molecular formula is C37H37N3O9. The third-order valence-electron chi connectivity index (χ3n) is 7.99. The van der Waals surface area contributed by atoms with Crippen LogP contribution < -0.4 is 43.8 Å². The minimum absolute atomic E-state index is 0.137. The first-order valence-corrected chi connectivity index (χ1v) is 15.5. The van der Waals surface area contributed by atoms with Crippen molar-refractivity contribution in [3.63, 3.8) is 0 Å². The molecule has 254 valence electrons. The molecule has 2 N–H and O–H groups in total. The maximum Gasteiger partial charge on any atom is 0.255 e. The molecule has 1 aliphatic rings. The van der Waals surface area contributed by atoms with Crippen LogP contribution in [-0.2, 0) is 0 Å². The maximum absolute atomic E-state index is 12.6. The van der Waals surface area contributed by atoms with Crippen LogP contribution in [0.4, 0.5) is 5.69 Å². The molecule has 1 amide bonds. The summed E-state index contributed by atoms with van der Waals surface area (Å²) in [5, 5.41) is 10.6. The largest absolute Gasteiger partial charge is 0.493 e.